The predicted octanol–water partition coefficient (Wildman–Crippen LogP) is 6.41. The first-order chi connectivity index (χ1) is 19.3. The van der Waals surface area contributed by atoms with Gasteiger partial charge in [0.1, 0.15) is 0 Å². The van der Waals surface area contributed by atoms with E-state index in [2.05, 4.69) is 37.8 Å². The molecule has 0 saturated carbocycles. The Morgan fingerprint density at radius 2 is 1.71 bits per heavy atom. The van der Waals surface area contributed by atoms with Crippen LogP contribution in [0, 0.1) is 0 Å². The summed E-state index contributed by atoms with van der Waals surface area (Å²) in [6.07, 6.45) is 2.58. The van der Waals surface area contributed by atoms with Crippen LogP contribution >= 0.6 is 23.7 Å². The van der Waals surface area contributed by atoms with Crippen molar-refractivity contribution in [2.75, 3.05) is 41.9 Å². The third-order valence-corrected chi connectivity index (χ3v) is 10.5. The first-order valence-corrected chi connectivity index (χ1v) is 16.3. The number of rotatable bonds is 10. The molecule has 0 fully saturated rings. The maximum absolute atomic E-state index is 13.9. The van der Waals surface area contributed by atoms with Gasteiger partial charge in [-0.2, -0.15) is 0 Å². The Morgan fingerprint density at radius 1 is 0.976 bits per heavy atom. The topological polar surface area (TPSA) is 73.8 Å². The predicted molar refractivity (Wildman–Crippen MR) is 171 cm³/mol. The quantitative estimate of drug-likeness (QED) is 0.207. The monoisotopic (exact) mass is 612 g/mol. The summed E-state index contributed by atoms with van der Waals surface area (Å²) in [4.78, 5) is 22.9. The van der Waals surface area contributed by atoms with Gasteiger partial charge < -0.3 is 4.90 Å². The second kappa shape index (κ2) is 13.3. The highest BCUT2D eigenvalue weighted by molar-refractivity contribution is 7.92. The first kappa shape index (κ1) is 31.0. The van der Waals surface area contributed by atoms with E-state index in [0.29, 0.717) is 23.8 Å². The SMILES string of the molecule is CCc1ccc2nc(N(CCN(CC)CC)C(=O)c3ccc(S(=O)(=O)N4CCCc5ccccc54)cc3)sc2c1.Cl. The van der Waals surface area contributed by atoms with Crippen LogP contribution in [-0.4, -0.2) is 56.9 Å². The maximum Gasteiger partial charge on any atom is 0.264 e. The summed E-state index contributed by atoms with van der Waals surface area (Å²) in [7, 11) is -3.75. The van der Waals surface area contributed by atoms with Gasteiger partial charge >= 0.3 is 0 Å². The van der Waals surface area contributed by atoms with E-state index < -0.39 is 10.0 Å². The number of aromatic nitrogens is 1. The normalized spacial score (nSPS) is 13.2. The summed E-state index contributed by atoms with van der Waals surface area (Å²) in [5.74, 6) is -0.186. The molecule has 10 heteroatoms. The second-order valence-corrected chi connectivity index (χ2v) is 12.8. The number of carbonyl (C=O) groups excluding carboxylic acids is 1. The molecule has 218 valence electrons. The van der Waals surface area contributed by atoms with Crippen molar-refractivity contribution in [2.45, 2.75) is 44.9 Å². The van der Waals surface area contributed by atoms with E-state index in [1.54, 1.807) is 29.2 Å². The number of fused-ring (bicyclic) bond motifs is 2. The van der Waals surface area contributed by atoms with Gasteiger partial charge in [0.15, 0.2) is 5.13 Å². The summed E-state index contributed by atoms with van der Waals surface area (Å²) in [6.45, 7) is 9.78. The Bertz CT molecular complexity index is 1600. The van der Waals surface area contributed by atoms with Crippen molar-refractivity contribution >= 4 is 60.7 Å². The van der Waals surface area contributed by atoms with Crippen molar-refractivity contribution in [3.05, 3.63) is 83.4 Å². The van der Waals surface area contributed by atoms with Gasteiger partial charge in [-0.1, -0.05) is 56.4 Å². The number of carbonyl (C=O) groups is 1. The Hall–Kier alpha value is -2.98. The Kier molecular flexibility index (Phi) is 10.1. The zero-order valence-electron chi connectivity index (χ0n) is 23.7. The summed E-state index contributed by atoms with van der Waals surface area (Å²) in [6, 6.07) is 20.2. The molecule has 1 amide bonds. The lowest BCUT2D eigenvalue weighted by molar-refractivity contribution is 0.0983. The number of nitrogens with zero attached hydrogens (tertiary/aromatic N) is 4. The van der Waals surface area contributed by atoms with Crippen molar-refractivity contribution in [1.82, 2.24) is 9.88 Å². The van der Waals surface area contributed by atoms with Crippen molar-refractivity contribution in [3.8, 4) is 0 Å². The second-order valence-electron chi connectivity index (χ2n) is 9.97. The lowest BCUT2D eigenvalue weighted by Gasteiger charge is -2.30. The number of amides is 1. The number of thiazole rings is 1. The van der Waals surface area contributed by atoms with Gasteiger partial charge in [0.2, 0.25) is 0 Å². The molecule has 3 aromatic carbocycles. The summed E-state index contributed by atoms with van der Waals surface area (Å²) >= 11 is 1.52. The van der Waals surface area contributed by atoms with Crippen LogP contribution in [0.1, 0.15) is 48.7 Å². The van der Waals surface area contributed by atoms with Crippen LogP contribution in [0.2, 0.25) is 0 Å². The number of sulfonamides is 1. The molecule has 1 aliphatic rings. The van der Waals surface area contributed by atoms with Crippen molar-refractivity contribution in [1.29, 1.82) is 0 Å². The fourth-order valence-electron chi connectivity index (χ4n) is 5.16. The van der Waals surface area contributed by atoms with Gasteiger partial charge in [0, 0.05) is 25.2 Å². The third-order valence-electron chi connectivity index (χ3n) is 7.62. The Morgan fingerprint density at radius 3 is 2.41 bits per heavy atom. The molecule has 0 aliphatic carbocycles. The molecule has 41 heavy (non-hydrogen) atoms. The highest BCUT2D eigenvalue weighted by atomic mass is 35.5. The Balaban J connectivity index is 0.00000387. The molecular formula is C31H37ClN4O3S2. The number of halogens is 1. The van der Waals surface area contributed by atoms with Crippen LogP contribution in [0.15, 0.2) is 71.6 Å². The van der Waals surface area contributed by atoms with Crippen molar-refractivity contribution in [2.24, 2.45) is 0 Å². The van der Waals surface area contributed by atoms with Crippen molar-refractivity contribution < 1.29 is 13.2 Å². The highest BCUT2D eigenvalue weighted by Crippen LogP contribution is 2.33. The molecule has 2 heterocycles. The van der Waals surface area contributed by atoms with Crippen LogP contribution in [0.25, 0.3) is 10.2 Å². The average Bonchev–Trinajstić information content (AvgIpc) is 3.41. The number of para-hydroxylation sites is 1. The van der Waals surface area contributed by atoms with E-state index in [1.165, 1.54) is 21.2 Å². The van der Waals surface area contributed by atoms with E-state index in [0.717, 1.165) is 60.4 Å². The molecule has 0 unspecified atom stereocenters. The fourth-order valence-corrected chi connectivity index (χ4v) is 7.75. The molecule has 0 bridgehead atoms. The average molecular weight is 613 g/mol. The number of likely N-dealkylation sites (N-methyl/N-ethyl adjacent to an activating group) is 1. The molecule has 1 aliphatic heterocycles. The van der Waals surface area contributed by atoms with E-state index in [-0.39, 0.29) is 23.2 Å². The van der Waals surface area contributed by atoms with Crippen LogP contribution in [-0.2, 0) is 22.9 Å². The van der Waals surface area contributed by atoms with E-state index in [9.17, 15) is 13.2 Å². The van der Waals surface area contributed by atoms with Gasteiger partial charge in [-0.25, -0.2) is 13.4 Å². The largest absolute Gasteiger partial charge is 0.302 e. The van der Waals surface area contributed by atoms with Crippen LogP contribution < -0.4 is 9.21 Å². The lowest BCUT2D eigenvalue weighted by atomic mass is 10.0. The van der Waals surface area contributed by atoms with Crippen LogP contribution in [0.4, 0.5) is 10.8 Å². The first-order valence-electron chi connectivity index (χ1n) is 14.0. The van der Waals surface area contributed by atoms with E-state index in [4.69, 9.17) is 4.98 Å². The van der Waals surface area contributed by atoms with Gasteiger partial charge in [0.25, 0.3) is 15.9 Å². The standard InChI is InChI=1S/C31H36N4O3S2.ClH/c1-4-23-13-18-27-29(22-23)39-31(32-27)34(21-20-33(5-2)6-3)30(36)25-14-16-26(17-15-25)40(37,38)35-19-9-11-24-10-7-8-12-28(24)35;/h7-8,10,12-18,22H,4-6,9,11,19-21H2,1-3H3;1H. The molecule has 7 nitrogen and oxygen atoms in total. The van der Waals surface area contributed by atoms with Gasteiger partial charge in [-0.05, 0) is 85.9 Å². The highest BCUT2D eigenvalue weighted by Gasteiger charge is 2.29. The number of anilines is 2. The zero-order valence-corrected chi connectivity index (χ0v) is 26.2. The summed E-state index contributed by atoms with van der Waals surface area (Å²) < 4.78 is 29.7. The molecular weight excluding hydrogens is 576 g/mol. The maximum atomic E-state index is 13.9. The molecule has 0 radical (unpaired) electrons. The smallest absolute Gasteiger partial charge is 0.264 e. The molecule has 0 saturated heterocycles. The lowest BCUT2D eigenvalue weighted by Crippen LogP contribution is -2.39. The number of benzene rings is 3. The van der Waals surface area contributed by atoms with Gasteiger partial charge in [-0.3, -0.25) is 14.0 Å². The molecule has 4 aromatic rings. The summed E-state index contributed by atoms with van der Waals surface area (Å²) in [5, 5.41) is 0.655. The van der Waals surface area contributed by atoms with Gasteiger partial charge in [-0.15, -0.1) is 12.4 Å². The number of aryl methyl sites for hydroxylation is 2. The molecule has 0 N–H and O–H groups in total. The van der Waals surface area contributed by atoms with E-state index in [1.807, 2.05) is 30.3 Å². The molecule has 1 aromatic heterocycles. The van der Waals surface area contributed by atoms with Crippen LogP contribution in [0.3, 0.4) is 0 Å². The molecule has 0 spiro atoms. The zero-order chi connectivity index (χ0) is 28.3. The number of hydrogen-bond acceptors (Lipinski definition) is 6. The van der Waals surface area contributed by atoms with Crippen LogP contribution in [0.5, 0.6) is 0 Å². The molecule has 5 rings (SSSR count). The minimum Gasteiger partial charge on any atom is -0.302 e. The third kappa shape index (κ3) is 6.43. The number of hydrogen-bond donors (Lipinski definition) is 0. The summed E-state index contributed by atoms with van der Waals surface area (Å²) in [5.41, 5.74) is 4.32. The van der Waals surface area contributed by atoms with E-state index >= 15 is 0 Å². The van der Waals surface area contributed by atoms with Gasteiger partial charge in [0.05, 0.1) is 20.8 Å². The van der Waals surface area contributed by atoms with Crippen molar-refractivity contribution in [3.63, 3.8) is 0 Å². The minimum atomic E-state index is -3.75. The minimum absolute atomic E-state index is 0. The molecule has 0 atom stereocenters. The Labute approximate surface area is 253 Å². The fraction of sp³-hybridized carbons (Fsp3) is 0.355.